The molecule has 3 rings (SSSR count). The quantitative estimate of drug-likeness (QED) is 0.691. The van der Waals surface area contributed by atoms with Gasteiger partial charge in [0.2, 0.25) is 0 Å². The van der Waals surface area contributed by atoms with Gasteiger partial charge in [-0.05, 0) is 30.5 Å². The van der Waals surface area contributed by atoms with Crippen molar-refractivity contribution in [2.45, 2.75) is 25.4 Å². The highest BCUT2D eigenvalue weighted by Gasteiger charge is 2.22. The van der Waals surface area contributed by atoms with E-state index in [1.165, 1.54) is 5.56 Å². The summed E-state index contributed by atoms with van der Waals surface area (Å²) in [5.41, 5.74) is 1.24. The zero-order valence-corrected chi connectivity index (χ0v) is 14.4. The molecule has 25 heavy (non-hydrogen) atoms. The first-order chi connectivity index (χ1) is 12.1. The molecule has 0 bridgehead atoms. The van der Waals surface area contributed by atoms with Crippen molar-refractivity contribution < 1.29 is 5.11 Å². The third-order valence-electron chi connectivity index (χ3n) is 4.22. The highest BCUT2D eigenvalue weighted by molar-refractivity contribution is 5.34. The number of aromatic nitrogens is 2. The summed E-state index contributed by atoms with van der Waals surface area (Å²) >= 11 is 0. The van der Waals surface area contributed by atoms with Crippen LogP contribution < -0.4 is 5.32 Å². The van der Waals surface area contributed by atoms with Crippen molar-refractivity contribution in [1.82, 2.24) is 9.97 Å². The Bertz CT molecular complexity index is 789. The van der Waals surface area contributed by atoms with Crippen molar-refractivity contribution in [3.05, 3.63) is 89.9 Å². The molecule has 128 valence electrons. The minimum atomic E-state index is -0.867. The van der Waals surface area contributed by atoms with Crippen LogP contribution in [0.2, 0.25) is 0 Å². The van der Waals surface area contributed by atoms with Crippen molar-refractivity contribution in [2.24, 2.45) is 0 Å². The van der Waals surface area contributed by atoms with E-state index in [4.69, 9.17) is 0 Å². The molecule has 0 saturated heterocycles. The van der Waals surface area contributed by atoms with Gasteiger partial charge in [-0.3, -0.25) is 0 Å². The number of aliphatic hydroxyl groups is 1. The third kappa shape index (κ3) is 4.88. The molecule has 2 aromatic carbocycles. The maximum Gasteiger partial charge on any atom is 0.135 e. The Labute approximate surface area is 148 Å². The summed E-state index contributed by atoms with van der Waals surface area (Å²) in [6, 6.07) is 21.8. The van der Waals surface area contributed by atoms with E-state index >= 15 is 0 Å². The average molecular weight is 333 g/mol. The number of nitrogens with one attached hydrogen (secondary N) is 1. The van der Waals surface area contributed by atoms with Gasteiger partial charge in [0.25, 0.3) is 0 Å². The lowest BCUT2D eigenvalue weighted by atomic mass is 9.93. The first-order valence-corrected chi connectivity index (χ1v) is 8.51. The third-order valence-corrected chi connectivity index (χ3v) is 4.22. The largest absolute Gasteiger partial charge is 0.385 e. The monoisotopic (exact) mass is 333 g/mol. The number of hydrogen-bond donors (Lipinski definition) is 2. The highest BCUT2D eigenvalue weighted by Crippen LogP contribution is 2.23. The number of rotatable bonds is 7. The van der Waals surface area contributed by atoms with Crippen molar-refractivity contribution >= 4 is 5.82 Å². The molecule has 0 amide bonds. The summed E-state index contributed by atoms with van der Waals surface area (Å²) in [4.78, 5) is 8.90. The minimum absolute atomic E-state index is 0.592. The van der Waals surface area contributed by atoms with E-state index in [1.54, 1.807) is 6.20 Å². The highest BCUT2D eigenvalue weighted by atomic mass is 16.3. The van der Waals surface area contributed by atoms with Gasteiger partial charge in [0.15, 0.2) is 0 Å². The van der Waals surface area contributed by atoms with Crippen molar-refractivity contribution in [2.75, 3.05) is 11.9 Å². The van der Waals surface area contributed by atoms with Crippen LogP contribution in [-0.4, -0.2) is 21.6 Å². The van der Waals surface area contributed by atoms with Gasteiger partial charge in [0.05, 0.1) is 5.60 Å². The van der Waals surface area contributed by atoms with Gasteiger partial charge in [0, 0.05) is 19.2 Å². The molecule has 1 unspecified atom stereocenters. The zero-order valence-electron chi connectivity index (χ0n) is 14.4. The van der Waals surface area contributed by atoms with Crippen LogP contribution in [-0.2, 0) is 12.0 Å². The second kappa shape index (κ2) is 7.90. The summed E-state index contributed by atoms with van der Waals surface area (Å²) in [6.07, 6.45) is 3.07. The topological polar surface area (TPSA) is 58.0 Å². The SMILES string of the molecule is CC(O)(CCNc1ccnc(Cc2ccccc2)n1)c1ccccc1. The summed E-state index contributed by atoms with van der Waals surface area (Å²) in [6.45, 7) is 2.47. The zero-order chi connectivity index (χ0) is 17.5. The molecule has 0 radical (unpaired) electrons. The summed E-state index contributed by atoms with van der Waals surface area (Å²) in [5.74, 6) is 1.57. The van der Waals surface area contributed by atoms with E-state index in [-0.39, 0.29) is 0 Å². The molecule has 0 saturated carbocycles. The first kappa shape index (κ1) is 17.1. The Morgan fingerprint density at radius 1 is 0.960 bits per heavy atom. The van der Waals surface area contributed by atoms with E-state index in [0.717, 1.165) is 17.2 Å². The van der Waals surface area contributed by atoms with Gasteiger partial charge in [-0.25, -0.2) is 9.97 Å². The Hall–Kier alpha value is -2.72. The van der Waals surface area contributed by atoms with Crippen molar-refractivity contribution in [1.29, 1.82) is 0 Å². The first-order valence-electron chi connectivity index (χ1n) is 8.51. The van der Waals surface area contributed by atoms with Crippen LogP contribution in [0.1, 0.15) is 30.3 Å². The molecule has 4 heteroatoms. The molecule has 0 aliphatic carbocycles. The van der Waals surface area contributed by atoms with Crippen LogP contribution >= 0.6 is 0 Å². The number of nitrogens with zero attached hydrogens (tertiary/aromatic N) is 2. The molecule has 0 aliphatic rings. The molecule has 1 aromatic heterocycles. The maximum absolute atomic E-state index is 10.6. The Morgan fingerprint density at radius 2 is 1.64 bits per heavy atom. The van der Waals surface area contributed by atoms with Gasteiger partial charge in [-0.1, -0.05) is 60.7 Å². The van der Waals surface area contributed by atoms with Gasteiger partial charge < -0.3 is 10.4 Å². The molecule has 1 atom stereocenters. The lowest BCUT2D eigenvalue weighted by Gasteiger charge is -2.24. The average Bonchev–Trinajstić information content (AvgIpc) is 2.63. The molecular weight excluding hydrogens is 310 g/mol. The number of anilines is 1. The predicted octanol–water partition coefficient (Wildman–Crippen LogP) is 3.78. The molecule has 3 aromatic rings. The molecule has 2 N–H and O–H groups in total. The van der Waals surface area contributed by atoms with E-state index < -0.39 is 5.60 Å². The fourth-order valence-corrected chi connectivity index (χ4v) is 2.74. The van der Waals surface area contributed by atoms with E-state index in [0.29, 0.717) is 19.4 Å². The smallest absolute Gasteiger partial charge is 0.135 e. The van der Waals surface area contributed by atoms with E-state index in [9.17, 15) is 5.11 Å². The van der Waals surface area contributed by atoms with Crippen LogP contribution in [0.25, 0.3) is 0 Å². The molecule has 0 aliphatic heterocycles. The fraction of sp³-hybridized carbons (Fsp3) is 0.238. The van der Waals surface area contributed by atoms with Crippen LogP contribution in [0.15, 0.2) is 72.9 Å². The van der Waals surface area contributed by atoms with Crippen LogP contribution in [0, 0.1) is 0 Å². The fourth-order valence-electron chi connectivity index (χ4n) is 2.74. The van der Waals surface area contributed by atoms with Crippen molar-refractivity contribution in [3.8, 4) is 0 Å². The summed E-state index contributed by atoms with van der Waals surface area (Å²) in [5, 5.41) is 13.9. The van der Waals surface area contributed by atoms with Gasteiger partial charge in [-0.2, -0.15) is 0 Å². The second-order valence-electron chi connectivity index (χ2n) is 6.34. The molecule has 0 spiro atoms. The predicted molar refractivity (Wildman–Crippen MR) is 100 cm³/mol. The van der Waals surface area contributed by atoms with Crippen LogP contribution in [0.5, 0.6) is 0 Å². The molecular formula is C21H23N3O. The van der Waals surface area contributed by atoms with Crippen LogP contribution in [0.4, 0.5) is 5.82 Å². The van der Waals surface area contributed by atoms with E-state index in [1.807, 2.05) is 61.5 Å². The number of hydrogen-bond acceptors (Lipinski definition) is 4. The lowest BCUT2D eigenvalue weighted by molar-refractivity contribution is 0.0515. The summed E-state index contributed by atoms with van der Waals surface area (Å²) < 4.78 is 0. The Balaban J connectivity index is 1.58. The van der Waals surface area contributed by atoms with Gasteiger partial charge >= 0.3 is 0 Å². The maximum atomic E-state index is 10.6. The van der Waals surface area contributed by atoms with Gasteiger partial charge in [0.1, 0.15) is 11.6 Å². The van der Waals surface area contributed by atoms with Gasteiger partial charge in [-0.15, -0.1) is 0 Å². The van der Waals surface area contributed by atoms with E-state index in [2.05, 4.69) is 27.4 Å². The Morgan fingerprint density at radius 3 is 2.36 bits per heavy atom. The summed E-state index contributed by atoms with van der Waals surface area (Å²) in [7, 11) is 0. The second-order valence-corrected chi connectivity index (χ2v) is 6.34. The Kier molecular flexibility index (Phi) is 5.41. The minimum Gasteiger partial charge on any atom is -0.385 e. The number of benzene rings is 2. The molecule has 4 nitrogen and oxygen atoms in total. The lowest BCUT2D eigenvalue weighted by Crippen LogP contribution is -2.24. The molecule has 1 heterocycles. The van der Waals surface area contributed by atoms with Crippen molar-refractivity contribution in [3.63, 3.8) is 0 Å². The standard InChI is InChI=1S/C21H23N3O/c1-21(25,18-10-6-3-7-11-18)13-15-23-19-12-14-22-20(24-19)16-17-8-4-2-5-9-17/h2-12,14,25H,13,15-16H2,1H3,(H,22,23,24). The van der Waals surface area contributed by atoms with Crippen LogP contribution in [0.3, 0.4) is 0 Å². The normalized spacial score (nSPS) is 13.2. The molecule has 0 fully saturated rings.